The molecule has 2 heteroatoms. The van der Waals surface area contributed by atoms with Crippen molar-refractivity contribution in [2.45, 2.75) is 0 Å². The van der Waals surface area contributed by atoms with Crippen molar-refractivity contribution in [2.75, 3.05) is 12.9 Å². The molecule has 44 valence electrons. The second-order valence-electron chi connectivity index (χ2n) is 1.92. The summed E-state index contributed by atoms with van der Waals surface area (Å²) in [6.45, 7) is 1.57. The molecule has 0 amide bonds. The van der Waals surface area contributed by atoms with E-state index in [2.05, 4.69) is 36.7 Å². The molecule has 1 rings (SSSR count). The Morgan fingerprint density at radius 3 is 2.00 bits per heavy atom. The third-order valence-corrected chi connectivity index (χ3v) is 6.67. The SMILES string of the molecule is CS[P+]1(C)C=CC=C1. The lowest BCUT2D eigenvalue weighted by molar-refractivity contribution is 2.15. The Balaban J connectivity index is 2.69. The average molecular weight is 145 g/mol. The maximum Gasteiger partial charge on any atom is 0.120 e. The topological polar surface area (TPSA) is 0 Å². The van der Waals surface area contributed by atoms with Gasteiger partial charge in [0, 0.05) is 17.6 Å². The van der Waals surface area contributed by atoms with E-state index in [1.54, 1.807) is 0 Å². The van der Waals surface area contributed by atoms with Crippen molar-refractivity contribution in [3.05, 3.63) is 23.8 Å². The molecule has 0 spiro atoms. The van der Waals surface area contributed by atoms with E-state index >= 15 is 0 Å². The standard InChI is InChI=1S/C6H10PS/c1-7(8-2)5-3-4-6-7/h3-6H,1-2H3/q+1. The maximum atomic E-state index is 2.32. The normalized spacial score (nSPS) is 22.2. The van der Waals surface area contributed by atoms with E-state index in [-0.39, 0.29) is 0 Å². The van der Waals surface area contributed by atoms with Crippen LogP contribution in [0, 0.1) is 0 Å². The van der Waals surface area contributed by atoms with Crippen molar-refractivity contribution in [3.63, 3.8) is 0 Å². The minimum absolute atomic E-state index is 0.745. The van der Waals surface area contributed by atoms with Gasteiger partial charge < -0.3 is 0 Å². The Morgan fingerprint density at radius 2 is 1.75 bits per heavy atom. The van der Waals surface area contributed by atoms with Crippen molar-refractivity contribution in [1.82, 2.24) is 0 Å². The molecule has 0 N–H and O–H groups in total. The van der Waals surface area contributed by atoms with Gasteiger partial charge in [0.15, 0.2) is 0 Å². The summed E-state index contributed by atoms with van der Waals surface area (Å²) in [4.78, 5) is 0. The average Bonchev–Trinajstić information content (AvgIpc) is 2.17. The predicted molar refractivity (Wildman–Crippen MR) is 44.6 cm³/mol. The molecule has 0 fully saturated rings. The fourth-order valence-corrected chi connectivity index (χ4v) is 2.99. The first-order valence-corrected chi connectivity index (χ1v) is 6.76. The summed E-state index contributed by atoms with van der Waals surface area (Å²) in [7, 11) is 0. The highest BCUT2D eigenvalue weighted by Crippen LogP contribution is 2.70. The molecule has 0 radical (unpaired) electrons. The molecule has 0 nitrogen and oxygen atoms in total. The Bertz CT molecular complexity index is 125. The summed E-state index contributed by atoms with van der Waals surface area (Å²) in [6, 6.07) is 0. The fraction of sp³-hybridized carbons (Fsp3) is 0.333. The Hall–Kier alpha value is 0.260. The summed E-state index contributed by atoms with van der Waals surface area (Å²) in [5, 5.41) is 0. The first-order valence-electron chi connectivity index (χ1n) is 2.55. The van der Waals surface area contributed by atoms with Crippen LogP contribution < -0.4 is 0 Å². The van der Waals surface area contributed by atoms with Gasteiger partial charge in [-0.1, -0.05) is 0 Å². The van der Waals surface area contributed by atoms with Crippen molar-refractivity contribution in [3.8, 4) is 0 Å². The molecule has 1 heterocycles. The van der Waals surface area contributed by atoms with Gasteiger partial charge in [-0.25, -0.2) is 0 Å². The van der Waals surface area contributed by atoms with Gasteiger partial charge in [-0.2, -0.15) is 0 Å². The number of hydrogen-bond acceptors (Lipinski definition) is 1. The molecular formula is C6H10PS+. The lowest BCUT2D eigenvalue weighted by Crippen LogP contribution is -1.66. The first-order chi connectivity index (χ1) is 3.77. The lowest BCUT2D eigenvalue weighted by Gasteiger charge is -2.03. The van der Waals surface area contributed by atoms with E-state index < -0.39 is 6.46 Å². The van der Waals surface area contributed by atoms with Crippen LogP contribution in [0.25, 0.3) is 0 Å². The van der Waals surface area contributed by atoms with Crippen LogP contribution in [0.3, 0.4) is 0 Å². The third kappa shape index (κ3) is 1.15. The van der Waals surface area contributed by atoms with E-state index in [0.29, 0.717) is 0 Å². The Labute approximate surface area is 55.1 Å². The summed E-state index contributed by atoms with van der Waals surface area (Å²) in [6.07, 6.45) is 6.46. The second kappa shape index (κ2) is 2.24. The highest BCUT2D eigenvalue weighted by atomic mass is 32.7. The minimum atomic E-state index is -0.745. The summed E-state index contributed by atoms with van der Waals surface area (Å²) >= 11 is 1.97. The van der Waals surface area contributed by atoms with Crippen LogP contribution in [0.1, 0.15) is 0 Å². The Morgan fingerprint density at radius 1 is 1.25 bits per heavy atom. The third-order valence-electron chi connectivity index (χ3n) is 1.27. The zero-order valence-electron chi connectivity index (χ0n) is 5.16. The van der Waals surface area contributed by atoms with Gasteiger partial charge in [0.05, 0.1) is 18.3 Å². The molecule has 0 unspecified atom stereocenters. The van der Waals surface area contributed by atoms with Gasteiger partial charge in [-0.15, -0.1) is 0 Å². The summed E-state index contributed by atoms with van der Waals surface area (Å²) in [5.74, 6) is 4.63. The van der Waals surface area contributed by atoms with E-state index in [1.165, 1.54) is 0 Å². The maximum absolute atomic E-state index is 2.32. The highest BCUT2D eigenvalue weighted by Gasteiger charge is 2.26. The quantitative estimate of drug-likeness (QED) is 0.511. The van der Waals surface area contributed by atoms with Gasteiger partial charge in [0.1, 0.15) is 6.46 Å². The highest BCUT2D eigenvalue weighted by molar-refractivity contribution is 8.64. The molecule has 0 aliphatic carbocycles. The van der Waals surface area contributed by atoms with Gasteiger partial charge >= 0.3 is 0 Å². The van der Waals surface area contributed by atoms with Gasteiger partial charge in [-0.3, -0.25) is 0 Å². The fourth-order valence-electron chi connectivity index (χ4n) is 0.613. The van der Waals surface area contributed by atoms with Crippen LogP contribution in [0.5, 0.6) is 0 Å². The van der Waals surface area contributed by atoms with Crippen molar-refractivity contribution >= 4 is 17.8 Å². The molecule has 0 saturated carbocycles. The number of hydrogen-bond donors (Lipinski definition) is 0. The van der Waals surface area contributed by atoms with Crippen LogP contribution in [-0.2, 0) is 0 Å². The van der Waals surface area contributed by atoms with Crippen molar-refractivity contribution < 1.29 is 0 Å². The van der Waals surface area contributed by atoms with Gasteiger partial charge in [0.25, 0.3) is 0 Å². The number of allylic oxidation sites excluding steroid dienone is 2. The van der Waals surface area contributed by atoms with E-state index in [1.807, 2.05) is 11.4 Å². The summed E-state index contributed by atoms with van der Waals surface area (Å²) < 4.78 is 0. The molecule has 0 bridgehead atoms. The summed E-state index contributed by atoms with van der Waals surface area (Å²) in [5.41, 5.74) is 0. The number of rotatable bonds is 1. The zero-order valence-corrected chi connectivity index (χ0v) is 6.88. The van der Waals surface area contributed by atoms with Crippen molar-refractivity contribution in [1.29, 1.82) is 0 Å². The predicted octanol–water partition coefficient (Wildman–Crippen LogP) is 2.95. The van der Waals surface area contributed by atoms with Crippen LogP contribution >= 0.6 is 17.8 Å². The first kappa shape index (κ1) is 6.38. The minimum Gasteiger partial charge on any atom is -0.0226 e. The molecule has 0 saturated heterocycles. The molecule has 1 aliphatic heterocycles. The van der Waals surface area contributed by atoms with Crippen LogP contribution in [0.2, 0.25) is 0 Å². The molecule has 1 aliphatic rings. The van der Waals surface area contributed by atoms with E-state index in [9.17, 15) is 0 Å². The molecule has 0 atom stereocenters. The second-order valence-corrected chi connectivity index (χ2v) is 8.46. The van der Waals surface area contributed by atoms with Gasteiger partial charge in [0.2, 0.25) is 0 Å². The van der Waals surface area contributed by atoms with Crippen molar-refractivity contribution in [2.24, 2.45) is 0 Å². The van der Waals surface area contributed by atoms with Crippen LogP contribution in [0.15, 0.2) is 23.8 Å². The largest absolute Gasteiger partial charge is 0.120 e. The van der Waals surface area contributed by atoms with E-state index in [0.717, 1.165) is 0 Å². The van der Waals surface area contributed by atoms with Crippen LogP contribution in [-0.4, -0.2) is 12.9 Å². The monoisotopic (exact) mass is 145 g/mol. The zero-order chi connectivity index (χ0) is 6.04. The molecule has 8 heavy (non-hydrogen) atoms. The molecule has 0 aromatic rings. The molecule has 0 aromatic carbocycles. The van der Waals surface area contributed by atoms with Gasteiger partial charge in [-0.05, 0) is 12.2 Å². The van der Waals surface area contributed by atoms with E-state index in [4.69, 9.17) is 0 Å². The lowest BCUT2D eigenvalue weighted by atomic mass is 10.6. The smallest absolute Gasteiger partial charge is 0.0226 e. The molecular weight excluding hydrogens is 135 g/mol. The molecule has 0 aromatic heterocycles. The Kier molecular flexibility index (Phi) is 1.79. The van der Waals surface area contributed by atoms with Crippen LogP contribution in [0.4, 0.5) is 0 Å².